The average molecular weight is 437 g/mol. The third-order valence-electron chi connectivity index (χ3n) is 7.30. The number of methoxy groups -OCH3 is 1. The van der Waals surface area contributed by atoms with E-state index < -0.39 is 0 Å². The smallest absolute Gasteiger partial charge is 0.119 e. The second kappa shape index (κ2) is 9.82. The minimum atomic E-state index is 0.346. The number of rotatable bonds is 7. The summed E-state index contributed by atoms with van der Waals surface area (Å²) < 4.78 is 17.2. The van der Waals surface area contributed by atoms with Gasteiger partial charge in [0.25, 0.3) is 0 Å². The van der Waals surface area contributed by atoms with E-state index in [-0.39, 0.29) is 0 Å². The Balaban J connectivity index is 1.27. The Kier molecular flexibility index (Phi) is 6.67. The highest BCUT2D eigenvalue weighted by atomic mass is 16.5. The summed E-state index contributed by atoms with van der Waals surface area (Å²) in [5.41, 5.74) is 4.30. The molecule has 0 bridgehead atoms. The van der Waals surface area contributed by atoms with Crippen LogP contribution in [-0.2, 0) is 4.74 Å². The largest absolute Gasteiger partial charge is 0.497 e. The molecule has 5 nitrogen and oxygen atoms in total. The zero-order chi connectivity index (χ0) is 21.9. The summed E-state index contributed by atoms with van der Waals surface area (Å²) in [5, 5.41) is 0. The minimum absolute atomic E-state index is 0.346. The van der Waals surface area contributed by atoms with Crippen LogP contribution in [0.15, 0.2) is 42.5 Å². The maximum Gasteiger partial charge on any atom is 0.119 e. The van der Waals surface area contributed by atoms with Crippen molar-refractivity contribution in [2.45, 2.75) is 44.2 Å². The van der Waals surface area contributed by atoms with Crippen molar-refractivity contribution in [3.8, 4) is 11.5 Å². The van der Waals surface area contributed by atoms with Crippen LogP contribution in [0.3, 0.4) is 0 Å². The van der Waals surface area contributed by atoms with E-state index in [9.17, 15) is 0 Å². The molecule has 5 rings (SSSR count). The van der Waals surface area contributed by atoms with Crippen LogP contribution in [0.2, 0.25) is 0 Å². The van der Waals surface area contributed by atoms with Crippen LogP contribution in [0.25, 0.3) is 0 Å². The molecule has 3 aliphatic heterocycles. The van der Waals surface area contributed by atoms with E-state index in [4.69, 9.17) is 14.2 Å². The molecule has 0 unspecified atom stereocenters. The van der Waals surface area contributed by atoms with Crippen molar-refractivity contribution in [3.05, 3.63) is 59.2 Å². The van der Waals surface area contributed by atoms with Crippen LogP contribution in [0.4, 0.5) is 0 Å². The van der Waals surface area contributed by atoms with Gasteiger partial charge < -0.3 is 14.2 Å². The first kappa shape index (κ1) is 21.7. The van der Waals surface area contributed by atoms with Crippen LogP contribution in [0.5, 0.6) is 11.5 Å². The first-order valence-electron chi connectivity index (χ1n) is 12.2. The second-order valence-corrected chi connectivity index (χ2v) is 9.45. The Hall–Kier alpha value is -2.08. The molecule has 2 fully saturated rings. The van der Waals surface area contributed by atoms with Crippen molar-refractivity contribution < 1.29 is 14.2 Å². The van der Waals surface area contributed by atoms with Crippen LogP contribution in [0.1, 0.15) is 54.8 Å². The highest BCUT2D eigenvalue weighted by Gasteiger charge is 2.36. The molecule has 2 aromatic rings. The first-order valence-corrected chi connectivity index (χ1v) is 12.2. The number of morpholine rings is 1. The Labute approximate surface area is 192 Å². The minimum Gasteiger partial charge on any atom is -0.497 e. The standard InChI is InChI=1S/C27H36N2O3/c1-20-18-28(14-16-31-20)12-4-15-32-23-10-11-24-25(17-23)27-5-3-13-29(27)19-26(24)21-6-8-22(30-2)9-7-21/h6-11,17,20,26-27H,3-5,12-16,18-19H2,1-2H3/t20-,26+,27+/m0/s1. The monoisotopic (exact) mass is 436 g/mol. The van der Waals surface area contributed by atoms with Crippen molar-refractivity contribution in [3.63, 3.8) is 0 Å². The molecular formula is C27H36N2O3. The van der Waals surface area contributed by atoms with Crippen molar-refractivity contribution in [2.24, 2.45) is 0 Å². The van der Waals surface area contributed by atoms with E-state index >= 15 is 0 Å². The molecular weight excluding hydrogens is 400 g/mol. The highest BCUT2D eigenvalue weighted by molar-refractivity contribution is 5.47. The van der Waals surface area contributed by atoms with Gasteiger partial charge in [-0.1, -0.05) is 18.2 Å². The van der Waals surface area contributed by atoms with Gasteiger partial charge in [-0.15, -0.1) is 0 Å². The quantitative estimate of drug-likeness (QED) is 0.599. The SMILES string of the molecule is COc1ccc([C@H]2CN3CCC[C@@H]3c3cc(OCCCN4CCO[C@@H](C)C4)ccc32)cc1. The lowest BCUT2D eigenvalue weighted by Crippen LogP contribution is -2.41. The van der Waals surface area contributed by atoms with E-state index in [1.54, 1.807) is 7.11 Å². The summed E-state index contributed by atoms with van der Waals surface area (Å²) in [7, 11) is 1.72. The van der Waals surface area contributed by atoms with Crippen molar-refractivity contribution in [1.29, 1.82) is 0 Å². The lowest BCUT2D eigenvalue weighted by molar-refractivity contribution is -0.0193. The lowest BCUT2D eigenvalue weighted by Gasteiger charge is -2.37. The topological polar surface area (TPSA) is 34.2 Å². The summed E-state index contributed by atoms with van der Waals surface area (Å²) in [4.78, 5) is 5.15. The van der Waals surface area contributed by atoms with Gasteiger partial charge >= 0.3 is 0 Å². The van der Waals surface area contributed by atoms with Gasteiger partial charge in [-0.2, -0.15) is 0 Å². The molecule has 3 heterocycles. The molecule has 0 amide bonds. The number of nitrogens with zero attached hydrogens (tertiary/aromatic N) is 2. The zero-order valence-electron chi connectivity index (χ0n) is 19.5. The summed E-state index contributed by atoms with van der Waals surface area (Å²) in [5.74, 6) is 2.34. The van der Waals surface area contributed by atoms with Crippen molar-refractivity contribution in [2.75, 3.05) is 53.0 Å². The van der Waals surface area contributed by atoms with Crippen LogP contribution < -0.4 is 9.47 Å². The molecule has 3 aliphatic rings. The molecule has 0 N–H and O–H groups in total. The number of hydrogen-bond acceptors (Lipinski definition) is 5. The van der Waals surface area contributed by atoms with Gasteiger partial charge in [0.05, 0.1) is 26.4 Å². The molecule has 0 aromatic heterocycles. The van der Waals surface area contributed by atoms with Crippen molar-refractivity contribution >= 4 is 0 Å². The molecule has 0 saturated carbocycles. The maximum atomic E-state index is 6.22. The highest BCUT2D eigenvalue weighted by Crippen LogP contribution is 2.45. The lowest BCUT2D eigenvalue weighted by atomic mass is 9.81. The van der Waals surface area contributed by atoms with Crippen molar-refractivity contribution in [1.82, 2.24) is 9.80 Å². The van der Waals surface area contributed by atoms with Crippen LogP contribution in [-0.4, -0.2) is 69.0 Å². The third kappa shape index (κ3) is 4.66. The second-order valence-electron chi connectivity index (χ2n) is 9.45. The Bertz CT molecular complexity index is 900. The fourth-order valence-corrected chi connectivity index (χ4v) is 5.67. The first-order chi connectivity index (χ1) is 15.7. The van der Waals surface area contributed by atoms with Gasteiger partial charge in [0.15, 0.2) is 0 Å². The number of benzene rings is 2. The van der Waals surface area contributed by atoms with E-state index in [0.29, 0.717) is 18.1 Å². The molecule has 2 aromatic carbocycles. The molecule has 3 atom stereocenters. The molecule has 0 radical (unpaired) electrons. The van der Waals surface area contributed by atoms with Crippen LogP contribution in [0, 0.1) is 0 Å². The number of fused-ring (bicyclic) bond motifs is 3. The predicted octanol–water partition coefficient (Wildman–Crippen LogP) is 4.47. The van der Waals surface area contributed by atoms with Gasteiger partial charge in [0.2, 0.25) is 0 Å². The summed E-state index contributed by atoms with van der Waals surface area (Å²) >= 11 is 0. The van der Waals surface area contributed by atoms with Crippen LogP contribution >= 0.6 is 0 Å². The molecule has 0 aliphatic carbocycles. The van der Waals surface area contributed by atoms with Gasteiger partial charge in [-0.05, 0) is 73.7 Å². The summed E-state index contributed by atoms with van der Waals surface area (Å²) in [6, 6.07) is 16.0. The zero-order valence-corrected chi connectivity index (χ0v) is 19.5. The fourth-order valence-electron chi connectivity index (χ4n) is 5.67. The number of ether oxygens (including phenoxy) is 3. The molecule has 0 spiro atoms. The maximum absolute atomic E-state index is 6.22. The third-order valence-corrected chi connectivity index (χ3v) is 7.30. The van der Waals surface area contributed by atoms with E-state index in [2.05, 4.69) is 59.2 Å². The average Bonchev–Trinajstić information content (AvgIpc) is 3.30. The van der Waals surface area contributed by atoms with Gasteiger partial charge in [0, 0.05) is 38.1 Å². The Morgan fingerprint density at radius 1 is 1.00 bits per heavy atom. The normalized spacial score (nSPS) is 25.9. The molecule has 2 saturated heterocycles. The summed E-state index contributed by atoms with van der Waals surface area (Å²) in [6.45, 7) is 9.20. The number of hydrogen-bond donors (Lipinski definition) is 0. The Morgan fingerprint density at radius 3 is 2.66 bits per heavy atom. The summed E-state index contributed by atoms with van der Waals surface area (Å²) in [6.07, 6.45) is 3.93. The van der Waals surface area contributed by atoms with Gasteiger partial charge in [-0.3, -0.25) is 9.80 Å². The van der Waals surface area contributed by atoms with Gasteiger partial charge in [-0.25, -0.2) is 0 Å². The Morgan fingerprint density at radius 2 is 1.84 bits per heavy atom. The van der Waals surface area contributed by atoms with E-state index in [1.807, 2.05) is 0 Å². The van der Waals surface area contributed by atoms with E-state index in [1.165, 1.54) is 36.1 Å². The fraction of sp³-hybridized carbons (Fsp3) is 0.556. The predicted molar refractivity (Wildman–Crippen MR) is 127 cm³/mol. The molecule has 172 valence electrons. The molecule has 5 heteroatoms. The van der Waals surface area contributed by atoms with Gasteiger partial charge in [0.1, 0.15) is 11.5 Å². The van der Waals surface area contributed by atoms with E-state index in [0.717, 1.165) is 57.3 Å². The molecule has 32 heavy (non-hydrogen) atoms.